The highest BCUT2D eigenvalue weighted by Crippen LogP contribution is 2.35. The molecular formula is C20H22N4O6. The summed E-state index contributed by atoms with van der Waals surface area (Å²) in [6.45, 7) is 1.35. The normalized spacial score (nSPS) is 12.9. The van der Waals surface area contributed by atoms with Crippen molar-refractivity contribution in [2.24, 2.45) is 0 Å². The molecule has 2 aromatic rings. The number of hydrogen-bond acceptors (Lipinski definition) is 6. The summed E-state index contributed by atoms with van der Waals surface area (Å²) in [7, 11) is 0. The molecule has 4 N–H and O–H groups in total. The third-order valence-corrected chi connectivity index (χ3v) is 4.44. The van der Waals surface area contributed by atoms with Crippen LogP contribution in [0.4, 0.5) is 21.0 Å². The van der Waals surface area contributed by atoms with Gasteiger partial charge in [-0.1, -0.05) is 0 Å². The average Bonchev–Trinajstić information content (AvgIpc) is 3.39. The van der Waals surface area contributed by atoms with Gasteiger partial charge in [0.05, 0.1) is 0 Å². The average molecular weight is 414 g/mol. The molecule has 0 saturated heterocycles. The van der Waals surface area contributed by atoms with Gasteiger partial charge in [0, 0.05) is 36.6 Å². The SMILES string of the molecule is O=C(NCCCCNC(=O)Nc1ccc2c(c1)OCO2)Nc1ccc2c(c1)OCO2. The third-order valence-electron chi connectivity index (χ3n) is 4.44. The molecule has 10 nitrogen and oxygen atoms in total. The van der Waals surface area contributed by atoms with Crippen molar-refractivity contribution in [3.63, 3.8) is 0 Å². The van der Waals surface area contributed by atoms with E-state index in [1.165, 1.54) is 0 Å². The number of ether oxygens (including phenoxy) is 4. The number of rotatable bonds is 7. The summed E-state index contributed by atoms with van der Waals surface area (Å²) in [5, 5.41) is 11.0. The summed E-state index contributed by atoms with van der Waals surface area (Å²) in [6, 6.07) is 9.81. The Morgan fingerprint density at radius 3 is 1.57 bits per heavy atom. The highest BCUT2D eigenvalue weighted by molar-refractivity contribution is 5.90. The second-order valence-electron chi connectivity index (χ2n) is 6.60. The molecule has 0 spiro atoms. The van der Waals surface area contributed by atoms with Gasteiger partial charge in [-0.3, -0.25) is 0 Å². The number of anilines is 2. The Morgan fingerprint density at radius 1 is 0.667 bits per heavy atom. The minimum absolute atomic E-state index is 0.188. The first kappa shape index (κ1) is 19.5. The van der Waals surface area contributed by atoms with Crippen LogP contribution in [0.3, 0.4) is 0 Å². The lowest BCUT2D eigenvalue weighted by Gasteiger charge is -2.09. The van der Waals surface area contributed by atoms with E-state index in [0.717, 1.165) is 12.8 Å². The molecule has 2 aliphatic heterocycles. The van der Waals surface area contributed by atoms with E-state index in [2.05, 4.69) is 21.3 Å². The molecule has 0 atom stereocenters. The number of fused-ring (bicyclic) bond motifs is 2. The minimum atomic E-state index is -0.303. The molecule has 2 aromatic carbocycles. The van der Waals surface area contributed by atoms with Gasteiger partial charge in [0.25, 0.3) is 0 Å². The second-order valence-corrected chi connectivity index (χ2v) is 6.60. The summed E-state index contributed by atoms with van der Waals surface area (Å²) < 4.78 is 21.0. The number of benzene rings is 2. The number of carbonyl (C=O) groups is 2. The van der Waals surface area contributed by atoms with Gasteiger partial charge in [0.1, 0.15) is 0 Å². The first-order chi connectivity index (χ1) is 14.7. The van der Waals surface area contributed by atoms with E-state index in [1.54, 1.807) is 36.4 Å². The zero-order valence-corrected chi connectivity index (χ0v) is 16.2. The Labute approximate surface area is 172 Å². The lowest BCUT2D eigenvalue weighted by atomic mass is 10.3. The van der Waals surface area contributed by atoms with Crippen molar-refractivity contribution in [3.05, 3.63) is 36.4 Å². The number of urea groups is 2. The van der Waals surface area contributed by atoms with Gasteiger partial charge in [-0.15, -0.1) is 0 Å². The molecule has 0 aromatic heterocycles. The van der Waals surface area contributed by atoms with Gasteiger partial charge in [-0.25, -0.2) is 9.59 Å². The van der Waals surface area contributed by atoms with Crippen molar-refractivity contribution in [1.82, 2.24) is 10.6 Å². The van der Waals surface area contributed by atoms with Gasteiger partial charge in [0.15, 0.2) is 23.0 Å². The molecule has 0 fully saturated rings. The number of carbonyl (C=O) groups excluding carboxylic acids is 2. The Kier molecular flexibility index (Phi) is 5.93. The van der Waals surface area contributed by atoms with Crippen molar-refractivity contribution in [2.75, 3.05) is 37.3 Å². The summed E-state index contributed by atoms with van der Waals surface area (Å²) in [4.78, 5) is 23.9. The highest BCUT2D eigenvalue weighted by Gasteiger charge is 2.15. The summed E-state index contributed by atoms with van der Waals surface area (Å²) in [5.74, 6) is 2.54. The van der Waals surface area contributed by atoms with Crippen LogP contribution in [0.25, 0.3) is 0 Å². The monoisotopic (exact) mass is 414 g/mol. The third kappa shape index (κ3) is 4.96. The molecule has 158 valence electrons. The fraction of sp³-hybridized carbons (Fsp3) is 0.300. The zero-order valence-electron chi connectivity index (χ0n) is 16.2. The summed E-state index contributed by atoms with van der Waals surface area (Å²) in [5.41, 5.74) is 1.25. The fourth-order valence-electron chi connectivity index (χ4n) is 2.95. The summed E-state index contributed by atoms with van der Waals surface area (Å²) in [6.07, 6.45) is 1.44. The molecule has 0 saturated carbocycles. The Morgan fingerprint density at radius 2 is 1.10 bits per heavy atom. The van der Waals surface area contributed by atoms with Crippen molar-refractivity contribution < 1.29 is 28.5 Å². The lowest BCUT2D eigenvalue weighted by molar-refractivity contribution is 0.173. The van der Waals surface area contributed by atoms with Crippen LogP contribution in [0.5, 0.6) is 23.0 Å². The molecule has 4 rings (SSSR count). The lowest BCUT2D eigenvalue weighted by Crippen LogP contribution is -2.31. The molecule has 2 aliphatic rings. The number of unbranched alkanes of at least 4 members (excludes halogenated alkanes) is 1. The largest absolute Gasteiger partial charge is 0.454 e. The van der Waals surface area contributed by atoms with E-state index in [9.17, 15) is 9.59 Å². The second kappa shape index (κ2) is 9.12. The number of nitrogens with one attached hydrogen (secondary N) is 4. The predicted molar refractivity (Wildman–Crippen MR) is 108 cm³/mol. The summed E-state index contributed by atoms with van der Waals surface area (Å²) >= 11 is 0. The van der Waals surface area contributed by atoms with Crippen LogP contribution < -0.4 is 40.2 Å². The van der Waals surface area contributed by atoms with Crippen molar-refractivity contribution in [3.8, 4) is 23.0 Å². The Balaban J connectivity index is 1.08. The molecule has 0 aliphatic carbocycles. The zero-order chi connectivity index (χ0) is 20.8. The van der Waals surface area contributed by atoms with Crippen LogP contribution in [0.15, 0.2) is 36.4 Å². The van der Waals surface area contributed by atoms with Gasteiger partial charge < -0.3 is 40.2 Å². The number of hydrogen-bond donors (Lipinski definition) is 4. The molecule has 4 amide bonds. The first-order valence-electron chi connectivity index (χ1n) is 9.56. The molecule has 10 heteroatoms. The van der Waals surface area contributed by atoms with E-state index in [1.807, 2.05) is 0 Å². The van der Waals surface area contributed by atoms with Crippen LogP contribution in [0, 0.1) is 0 Å². The maximum Gasteiger partial charge on any atom is 0.319 e. The first-order valence-corrected chi connectivity index (χ1v) is 9.56. The van der Waals surface area contributed by atoms with E-state index < -0.39 is 0 Å². The van der Waals surface area contributed by atoms with Crippen molar-refractivity contribution >= 4 is 23.4 Å². The maximum atomic E-state index is 11.9. The topological polar surface area (TPSA) is 119 Å². The number of amides is 4. The van der Waals surface area contributed by atoms with Crippen molar-refractivity contribution in [1.29, 1.82) is 0 Å². The fourth-order valence-corrected chi connectivity index (χ4v) is 2.95. The van der Waals surface area contributed by atoms with Gasteiger partial charge in [-0.05, 0) is 37.1 Å². The molecule has 2 heterocycles. The standard InChI is InChI=1S/C20H22N4O6/c25-19(23-13-3-5-15-17(9-13)29-11-27-15)21-7-1-2-8-22-20(26)24-14-4-6-16-18(10-14)30-12-28-16/h3-6,9-10H,1-2,7-8,11-12H2,(H2,21,23,25)(H2,22,24,26). The molecule has 0 bridgehead atoms. The van der Waals surface area contributed by atoms with E-state index in [-0.39, 0.29) is 25.6 Å². The van der Waals surface area contributed by atoms with Crippen LogP contribution >= 0.6 is 0 Å². The minimum Gasteiger partial charge on any atom is -0.454 e. The smallest absolute Gasteiger partial charge is 0.319 e. The van der Waals surface area contributed by atoms with E-state index in [4.69, 9.17) is 18.9 Å². The van der Waals surface area contributed by atoms with E-state index >= 15 is 0 Å². The van der Waals surface area contributed by atoms with Crippen LogP contribution in [0.1, 0.15) is 12.8 Å². The quantitative estimate of drug-likeness (QED) is 0.518. The molecule has 0 unspecified atom stereocenters. The Bertz CT molecular complexity index is 860. The van der Waals surface area contributed by atoms with Gasteiger partial charge >= 0.3 is 12.1 Å². The van der Waals surface area contributed by atoms with Crippen molar-refractivity contribution in [2.45, 2.75) is 12.8 Å². The van der Waals surface area contributed by atoms with Gasteiger partial charge in [-0.2, -0.15) is 0 Å². The van der Waals surface area contributed by atoms with Crippen LogP contribution in [-0.4, -0.2) is 38.7 Å². The molecule has 0 radical (unpaired) electrons. The Hall–Kier alpha value is -3.82. The van der Waals surface area contributed by atoms with E-state index in [0.29, 0.717) is 47.5 Å². The van der Waals surface area contributed by atoms with Gasteiger partial charge in [0.2, 0.25) is 13.6 Å². The highest BCUT2D eigenvalue weighted by atomic mass is 16.7. The maximum absolute atomic E-state index is 11.9. The van der Waals surface area contributed by atoms with Crippen LogP contribution in [0.2, 0.25) is 0 Å². The molecule has 30 heavy (non-hydrogen) atoms. The predicted octanol–water partition coefficient (Wildman–Crippen LogP) is 2.87. The molecular weight excluding hydrogens is 392 g/mol. The van der Waals surface area contributed by atoms with Crippen LogP contribution in [-0.2, 0) is 0 Å².